The summed E-state index contributed by atoms with van der Waals surface area (Å²) >= 11 is 6.37. The third kappa shape index (κ3) is 3.39. The van der Waals surface area contributed by atoms with Gasteiger partial charge in [0.05, 0.1) is 25.3 Å². The lowest BCUT2D eigenvalue weighted by Gasteiger charge is -2.46. The number of carbonyl (C=O) groups excluding carboxylic acids is 2. The summed E-state index contributed by atoms with van der Waals surface area (Å²) in [5, 5.41) is 4.03. The summed E-state index contributed by atoms with van der Waals surface area (Å²) in [6.07, 6.45) is -0.613. The van der Waals surface area contributed by atoms with Crippen molar-refractivity contribution in [3.8, 4) is 5.75 Å². The van der Waals surface area contributed by atoms with Gasteiger partial charge in [-0.2, -0.15) is 0 Å². The molecule has 4 atom stereocenters. The molecule has 30 heavy (non-hydrogen) atoms. The van der Waals surface area contributed by atoms with Crippen LogP contribution in [0.15, 0.2) is 18.2 Å². The van der Waals surface area contributed by atoms with Crippen molar-refractivity contribution < 1.29 is 19.1 Å². The number of fused-ring (bicyclic) bond motifs is 3. The fraction of sp³-hybridized carbons (Fsp3) is 0.600. The van der Waals surface area contributed by atoms with Gasteiger partial charge in [0.2, 0.25) is 0 Å². The first kappa shape index (κ1) is 21.2. The smallest absolute Gasteiger partial charge is 0.327 e. The molecule has 164 valence electrons. The van der Waals surface area contributed by atoms with Crippen molar-refractivity contribution in [2.75, 3.05) is 52.4 Å². The number of halogens is 1. The molecule has 0 aliphatic carbocycles. The van der Waals surface area contributed by atoms with Crippen LogP contribution in [0.2, 0.25) is 5.02 Å². The van der Waals surface area contributed by atoms with Gasteiger partial charge in [-0.1, -0.05) is 18.5 Å². The van der Waals surface area contributed by atoms with Gasteiger partial charge < -0.3 is 19.3 Å². The van der Waals surface area contributed by atoms with Crippen LogP contribution in [-0.2, 0) is 9.53 Å². The van der Waals surface area contributed by atoms with Gasteiger partial charge in [0.1, 0.15) is 24.2 Å². The van der Waals surface area contributed by atoms with Gasteiger partial charge in [0.15, 0.2) is 0 Å². The van der Waals surface area contributed by atoms with E-state index in [1.165, 1.54) is 4.90 Å². The molecule has 3 amide bonds. The fourth-order valence-corrected chi connectivity index (χ4v) is 4.89. The van der Waals surface area contributed by atoms with E-state index < -0.39 is 12.2 Å². The number of hydrogen-bond acceptors (Lipinski definition) is 7. The van der Waals surface area contributed by atoms with Crippen LogP contribution in [0, 0.1) is 5.92 Å². The third-order valence-corrected chi connectivity index (χ3v) is 6.37. The van der Waals surface area contributed by atoms with Gasteiger partial charge in [-0.15, -0.1) is 0 Å². The zero-order chi connectivity index (χ0) is 21.6. The molecule has 3 aliphatic rings. The van der Waals surface area contributed by atoms with E-state index >= 15 is 0 Å². The molecule has 0 bridgehead atoms. The van der Waals surface area contributed by atoms with Crippen LogP contribution >= 0.6 is 11.6 Å². The van der Waals surface area contributed by atoms with Gasteiger partial charge >= 0.3 is 6.03 Å². The molecule has 9 nitrogen and oxygen atoms in total. The molecule has 1 N–H and O–H groups in total. The van der Waals surface area contributed by atoms with Gasteiger partial charge in [-0.3, -0.25) is 19.9 Å². The molecule has 3 aliphatic heterocycles. The molecular weight excluding hydrogens is 410 g/mol. The van der Waals surface area contributed by atoms with Crippen LogP contribution in [0.1, 0.15) is 6.92 Å². The Morgan fingerprint density at radius 1 is 1.23 bits per heavy atom. The number of nitrogens with zero attached hydrogens (tertiary/aromatic N) is 4. The molecule has 1 aromatic rings. The van der Waals surface area contributed by atoms with Crippen LogP contribution in [0.3, 0.4) is 0 Å². The van der Waals surface area contributed by atoms with E-state index in [0.29, 0.717) is 23.3 Å². The number of ether oxygens (including phenoxy) is 2. The zero-order valence-corrected chi connectivity index (χ0v) is 18.4. The highest BCUT2D eigenvalue weighted by Gasteiger charge is 2.56. The van der Waals surface area contributed by atoms with Crippen molar-refractivity contribution in [2.24, 2.45) is 5.92 Å². The Hall–Kier alpha value is -2.07. The lowest BCUT2D eigenvalue weighted by atomic mass is 10.0. The summed E-state index contributed by atoms with van der Waals surface area (Å²) in [4.78, 5) is 33.4. The second kappa shape index (κ2) is 8.22. The fourth-order valence-electron chi connectivity index (χ4n) is 4.64. The maximum atomic E-state index is 13.3. The molecule has 0 radical (unpaired) electrons. The molecule has 4 unspecified atom stereocenters. The third-order valence-electron chi connectivity index (χ3n) is 6.07. The number of nitrogens with one attached hydrogen (secondary N) is 1. The van der Waals surface area contributed by atoms with Crippen molar-refractivity contribution >= 4 is 29.2 Å². The predicted octanol–water partition coefficient (Wildman–Crippen LogP) is 1.23. The largest absolute Gasteiger partial charge is 0.495 e. The summed E-state index contributed by atoms with van der Waals surface area (Å²) in [5.41, 5.74) is 0.936. The summed E-state index contributed by atoms with van der Waals surface area (Å²) in [6, 6.07) is 4.93. The molecule has 4 rings (SSSR count). The highest BCUT2D eigenvalue weighted by Crippen LogP contribution is 2.36. The molecule has 10 heteroatoms. The summed E-state index contributed by atoms with van der Waals surface area (Å²) in [6.45, 7) is 4.27. The topological polar surface area (TPSA) is 77.6 Å². The van der Waals surface area contributed by atoms with E-state index in [1.807, 2.05) is 18.2 Å². The Morgan fingerprint density at radius 3 is 2.67 bits per heavy atom. The number of likely N-dealkylation sites (N-methyl/N-ethyl adjacent to an activating group) is 1. The minimum atomic E-state index is -0.450. The number of benzene rings is 1. The van der Waals surface area contributed by atoms with E-state index in [1.54, 1.807) is 26.2 Å². The average molecular weight is 438 g/mol. The number of imide groups is 1. The predicted molar refractivity (Wildman–Crippen MR) is 112 cm³/mol. The molecule has 0 saturated carbocycles. The highest BCUT2D eigenvalue weighted by molar-refractivity contribution is 6.32. The first-order chi connectivity index (χ1) is 14.4. The van der Waals surface area contributed by atoms with Gasteiger partial charge in [0, 0.05) is 32.9 Å². The van der Waals surface area contributed by atoms with E-state index in [0.717, 1.165) is 18.8 Å². The minimum absolute atomic E-state index is 0.183. The van der Waals surface area contributed by atoms with Crippen molar-refractivity contribution in [2.45, 2.75) is 25.4 Å². The number of anilines is 1. The van der Waals surface area contributed by atoms with Crippen molar-refractivity contribution in [1.29, 1.82) is 0 Å². The summed E-state index contributed by atoms with van der Waals surface area (Å²) in [7, 11) is 4.88. The molecular formula is C20H28ClN5O4. The Labute approximate surface area is 181 Å². The number of urea groups is 1. The van der Waals surface area contributed by atoms with Gasteiger partial charge in [-0.25, -0.2) is 4.79 Å². The van der Waals surface area contributed by atoms with E-state index in [9.17, 15) is 9.59 Å². The van der Waals surface area contributed by atoms with Crippen molar-refractivity contribution in [3.05, 3.63) is 23.2 Å². The van der Waals surface area contributed by atoms with Crippen molar-refractivity contribution in [3.63, 3.8) is 0 Å². The monoisotopic (exact) mass is 437 g/mol. The van der Waals surface area contributed by atoms with Gasteiger partial charge in [0.25, 0.3) is 5.91 Å². The van der Waals surface area contributed by atoms with E-state index in [-0.39, 0.29) is 24.8 Å². The highest BCUT2D eigenvalue weighted by atomic mass is 35.5. The summed E-state index contributed by atoms with van der Waals surface area (Å²) in [5.74, 6) is 0.757. The van der Waals surface area contributed by atoms with Crippen LogP contribution in [0.5, 0.6) is 5.75 Å². The maximum absolute atomic E-state index is 13.3. The molecule has 0 aromatic heterocycles. The number of rotatable bonds is 5. The Morgan fingerprint density at radius 2 is 2.00 bits per heavy atom. The second-order valence-electron chi connectivity index (χ2n) is 8.08. The van der Waals surface area contributed by atoms with Crippen molar-refractivity contribution in [1.82, 2.24) is 20.0 Å². The van der Waals surface area contributed by atoms with Crippen LogP contribution in [0.4, 0.5) is 10.5 Å². The first-order valence-electron chi connectivity index (χ1n) is 10.1. The quantitative estimate of drug-likeness (QED) is 0.742. The molecule has 3 heterocycles. The standard InChI is InChI=1S/C20H28ClN5O4/c1-12-10-25(13-5-6-15(30-4)14(21)9-13)19-22-17-16(26(19)11-12)18(27)24(7-8-29-3)20(28)23(17)2/h5-6,9,12,16-17,19,22H,7-8,10-11H2,1-4H3. The lowest BCUT2D eigenvalue weighted by molar-refractivity contribution is -0.139. The number of carbonyl (C=O) groups is 2. The second-order valence-corrected chi connectivity index (χ2v) is 8.49. The number of hydrogen-bond donors (Lipinski definition) is 1. The van der Waals surface area contributed by atoms with Crippen LogP contribution in [-0.4, -0.2) is 92.6 Å². The van der Waals surface area contributed by atoms with Gasteiger partial charge in [-0.05, 0) is 24.1 Å². The Balaban J connectivity index is 1.65. The van der Waals surface area contributed by atoms with E-state index in [4.69, 9.17) is 21.1 Å². The minimum Gasteiger partial charge on any atom is -0.495 e. The summed E-state index contributed by atoms with van der Waals surface area (Å²) < 4.78 is 10.4. The van der Waals surface area contributed by atoms with E-state index in [2.05, 4.69) is 22.0 Å². The molecule has 0 spiro atoms. The maximum Gasteiger partial charge on any atom is 0.327 e. The number of amides is 3. The number of methoxy groups -OCH3 is 2. The Kier molecular flexibility index (Phi) is 5.80. The molecule has 3 fully saturated rings. The average Bonchev–Trinajstić information content (AvgIpc) is 3.11. The zero-order valence-electron chi connectivity index (χ0n) is 17.7. The molecule has 1 aromatic carbocycles. The SMILES string of the molecule is COCCN1C(=O)C2C(NC3N(c4ccc(OC)c(Cl)c4)CC(C)CN23)N(C)C1=O. The first-order valence-corrected chi connectivity index (χ1v) is 10.4. The lowest BCUT2D eigenvalue weighted by Crippen LogP contribution is -2.67. The normalized spacial score (nSPS) is 29.3. The Bertz CT molecular complexity index is 839. The van der Waals surface area contributed by atoms with Crippen LogP contribution in [0.25, 0.3) is 0 Å². The van der Waals surface area contributed by atoms with Crippen LogP contribution < -0.4 is 15.0 Å². The molecule has 3 saturated heterocycles.